The van der Waals surface area contributed by atoms with Crippen molar-refractivity contribution >= 4 is 18.0 Å². The molecule has 0 bridgehead atoms. The summed E-state index contributed by atoms with van der Waals surface area (Å²) in [5.74, 6) is -0.975. The second kappa shape index (κ2) is 7.09. The number of hydrogen-bond donors (Lipinski definition) is 0. The minimum atomic E-state index is -1.23. The van der Waals surface area contributed by atoms with Crippen molar-refractivity contribution in [2.75, 3.05) is 13.2 Å². The Labute approximate surface area is 147 Å². The number of hydrogen-bond acceptors (Lipinski definition) is 4. The van der Waals surface area contributed by atoms with Crippen molar-refractivity contribution in [2.24, 2.45) is 5.41 Å². The van der Waals surface area contributed by atoms with Gasteiger partial charge in [0.1, 0.15) is 0 Å². The molecule has 1 aromatic rings. The topological polar surface area (TPSA) is 52.6 Å². The molecule has 1 fully saturated rings. The van der Waals surface area contributed by atoms with Crippen LogP contribution in [0, 0.1) is 5.41 Å². The van der Waals surface area contributed by atoms with Gasteiger partial charge in [0.25, 0.3) is 0 Å². The molecule has 1 saturated carbocycles. The number of ether oxygens (including phenoxy) is 2. The molecule has 0 amide bonds. The van der Waals surface area contributed by atoms with E-state index < -0.39 is 17.4 Å². The van der Waals surface area contributed by atoms with Crippen molar-refractivity contribution in [1.82, 2.24) is 0 Å². The minimum absolute atomic E-state index is 0.247. The average Bonchev–Trinajstić information content (AvgIpc) is 3.12. The van der Waals surface area contributed by atoms with Crippen molar-refractivity contribution in [2.45, 2.75) is 26.7 Å². The van der Waals surface area contributed by atoms with E-state index in [1.807, 2.05) is 42.5 Å². The SMILES string of the molecule is CCOC(=O)C1(C(=O)OCC)CC2=CC(=Cc3ccccc3)C=C2C1. The van der Waals surface area contributed by atoms with Gasteiger partial charge >= 0.3 is 11.9 Å². The van der Waals surface area contributed by atoms with E-state index in [0.29, 0.717) is 12.8 Å². The Morgan fingerprint density at radius 3 is 1.96 bits per heavy atom. The third kappa shape index (κ3) is 3.29. The number of esters is 2. The zero-order chi connectivity index (χ0) is 17.9. The van der Waals surface area contributed by atoms with Crippen LogP contribution in [0.4, 0.5) is 0 Å². The number of carbonyl (C=O) groups is 2. The first-order valence-corrected chi connectivity index (χ1v) is 8.62. The van der Waals surface area contributed by atoms with E-state index in [1.54, 1.807) is 13.8 Å². The van der Waals surface area contributed by atoms with Gasteiger partial charge in [-0.2, -0.15) is 0 Å². The molecule has 0 unspecified atom stereocenters. The van der Waals surface area contributed by atoms with Gasteiger partial charge in [0, 0.05) is 0 Å². The van der Waals surface area contributed by atoms with Gasteiger partial charge in [-0.1, -0.05) is 42.5 Å². The van der Waals surface area contributed by atoms with E-state index >= 15 is 0 Å². The highest BCUT2D eigenvalue weighted by atomic mass is 16.6. The van der Waals surface area contributed by atoms with E-state index in [1.165, 1.54) is 0 Å². The Bertz CT molecular complexity index is 724. The van der Waals surface area contributed by atoms with E-state index in [9.17, 15) is 9.59 Å². The summed E-state index contributed by atoms with van der Waals surface area (Å²) in [5, 5.41) is 0. The molecular weight excluding hydrogens is 316 g/mol. The molecule has 0 radical (unpaired) electrons. The molecule has 4 nitrogen and oxygen atoms in total. The molecule has 0 N–H and O–H groups in total. The summed E-state index contributed by atoms with van der Waals surface area (Å²) in [7, 11) is 0. The number of allylic oxidation sites excluding steroid dienone is 5. The van der Waals surface area contributed by atoms with Gasteiger partial charge in [-0.05, 0) is 55.0 Å². The molecular formula is C21H22O4. The van der Waals surface area contributed by atoms with Crippen molar-refractivity contribution in [3.63, 3.8) is 0 Å². The highest BCUT2D eigenvalue weighted by Crippen LogP contribution is 2.50. The van der Waals surface area contributed by atoms with Crippen LogP contribution in [-0.2, 0) is 19.1 Å². The predicted octanol–water partition coefficient (Wildman–Crippen LogP) is 3.84. The Balaban J connectivity index is 1.87. The standard InChI is InChI=1S/C21H22O4/c1-3-24-19(22)21(20(23)25-4-2)13-17-11-16(12-18(17)14-21)10-15-8-6-5-7-9-15/h5-12H,3-4,13-14H2,1-2H3. The van der Waals surface area contributed by atoms with Gasteiger partial charge in [-0.15, -0.1) is 0 Å². The summed E-state index contributed by atoms with van der Waals surface area (Å²) in [6, 6.07) is 10.1. The van der Waals surface area contributed by atoms with Gasteiger partial charge in [-0.25, -0.2) is 0 Å². The number of rotatable bonds is 5. The smallest absolute Gasteiger partial charge is 0.324 e. The number of fused-ring (bicyclic) bond motifs is 1. The Kier molecular flexibility index (Phi) is 4.88. The maximum atomic E-state index is 12.5. The summed E-state index contributed by atoms with van der Waals surface area (Å²) in [6.45, 7) is 3.98. The molecule has 2 aliphatic carbocycles. The lowest BCUT2D eigenvalue weighted by Gasteiger charge is -2.23. The van der Waals surface area contributed by atoms with Gasteiger partial charge in [0.15, 0.2) is 5.41 Å². The quantitative estimate of drug-likeness (QED) is 0.604. The van der Waals surface area contributed by atoms with Crippen LogP contribution >= 0.6 is 0 Å². The van der Waals surface area contributed by atoms with Crippen molar-refractivity contribution < 1.29 is 19.1 Å². The van der Waals surface area contributed by atoms with Gasteiger partial charge < -0.3 is 9.47 Å². The predicted molar refractivity (Wildman–Crippen MR) is 95.5 cm³/mol. The lowest BCUT2D eigenvalue weighted by molar-refractivity contribution is -0.171. The van der Waals surface area contributed by atoms with Crippen LogP contribution in [0.1, 0.15) is 32.3 Å². The van der Waals surface area contributed by atoms with Crippen molar-refractivity contribution in [3.8, 4) is 0 Å². The summed E-state index contributed by atoms with van der Waals surface area (Å²) >= 11 is 0. The van der Waals surface area contributed by atoms with Gasteiger partial charge in [-0.3, -0.25) is 9.59 Å². The van der Waals surface area contributed by atoms with Crippen molar-refractivity contribution in [3.05, 3.63) is 64.8 Å². The molecule has 0 aromatic heterocycles. The fourth-order valence-electron chi connectivity index (χ4n) is 3.41. The Morgan fingerprint density at radius 2 is 1.48 bits per heavy atom. The lowest BCUT2D eigenvalue weighted by Crippen LogP contribution is -2.40. The highest BCUT2D eigenvalue weighted by Gasteiger charge is 2.54. The molecule has 0 spiro atoms. The summed E-state index contributed by atoms with van der Waals surface area (Å²) in [6.07, 6.45) is 6.85. The fraction of sp³-hybridized carbons (Fsp3) is 0.333. The maximum Gasteiger partial charge on any atom is 0.324 e. The molecule has 1 aromatic carbocycles. The third-order valence-electron chi connectivity index (χ3n) is 4.54. The second-order valence-electron chi connectivity index (χ2n) is 6.27. The van der Waals surface area contributed by atoms with Crippen LogP contribution in [-0.4, -0.2) is 25.2 Å². The monoisotopic (exact) mass is 338 g/mol. The molecule has 4 heteroatoms. The van der Waals surface area contributed by atoms with E-state index in [0.717, 1.165) is 22.3 Å². The first-order chi connectivity index (χ1) is 12.1. The normalized spacial score (nSPS) is 17.4. The zero-order valence-corrected chi connectivity index (χ0v) is 14.6. The molecule has 0 atom stereocenters. The van der Waals surface area contributed by atoms with Crippen molar-refractivity contribution in [1.29, 1.82) is 0 Å². The Hall–Kier alpha value is -2.62. The molecule has 3 rings (SSSR count). The van der Waals surface area contributed by atoms with Crippen LogP contribution in [0.5, 0.6) is 0 Å². The van der Waals surface area contributed by atoms with E-state index in [-0.39, 0.29) is 13.2 Å². The first kappa shape index (κ1) is 17.2. The number of carbonyl (C=O) groups excluding carboxylic acids is 2. The molecule has 0 heterocycles. The van der Waals surface area contributed by atoms with Gasteiger partial charge in [0.05, 0.1) is 13.2 Å². The summed E-state index contributed by atoms with van der Waals surface area (Å²) in [4.78, 5) is 25.0. The second-order valence-corrected chi connectivity index (χ2v) is 6.27. The minimum Gasteiger partial charge on any atom is -0.465 e. The van der Waals surface area contributed by atoms with Crippen LogP contribution in [0.2, 0.25) is 0 Å². The largest absolute Gasteiger partial charge is 0.465 e. The maximum absolute atomic E-state index is 12.5. The fourth-order valence-corrected chi connectivity index (χ4v) is 3.41. The first-order valence-electron chi connectivity index (χ1n) is 8.62. The van der Waals surface area contributed by atoms with Gasteiger partial charge in [0.2, 0.25) is 0 Å². The van der Waals surface area contributed by atoms with Crippen LogP contribution < -0.4 is 0 Å². The molecule has 0 saturated heterocycles. The summed E-state index contributed by atoms with van der Waals surface area (Å²) in [5.41, 5.74) is 3.00. The molecule has 2 aliphatic rings. The van der Waals surface area contributed by atoms with E-state index in [2.05, 4.69) is 6.08 Å². The van der Waals surface area contributed by atoms with Crippen LogP contribution in [0.3, 0.4) is 0 Å². The molecule has 130 valence electrons. The highest BCUT2D eigenvalue weighted by molar-refractivity contribution is 6.02. The molecule has 0 aliphatic heterocycles. The molecule has 25 heavy (non-hydrogen) atoms. The van der Waals surface area contributed by atoms with Crippen LogP contribution in [0.25, 0.3) is 6.08 Å². The average molecular weight is 338 g/mol. The number of benzene rings is 1. The Morgan fingerprint density at radius 1 is 0.960 bits per heavy atom. The van der Waals surface area contributed by atoms with Crippen LogP contribution in [0.15, 0.2) is 59.2 Å². The van der Waals surface area contributed by atoms with E-state index in [4.69, 9.17) is 9.47 Å². The summed E-state index contributed by atoms with van der Waals surface area (Å²) < 4.78 is 10.4. The third-order valence-corrected chi connectivity index (χ3v) is 4.54. The zero-order valence-electron chi connectivity index (χ0n) is 14.6. The lowest BCUT2D eigenvalue weighted by atomic mass is 9.85.